The molecule has 198 valence electrons. The zero-order valence-corrected chi connectivity index (χ0v) is 24.3. The van der Waals surface area contributed by atoms with Crippen molar-refractivity contribution in [3.63, 3.8) is 0 Å². The molecule has 2 unspecified atom stereocenters. The molecule has 5 nitrogen and oxygen atoms in total. The molecule has 1 aromatic rings. The predicted molar refractivity (Wildman–Crippen MR) is 146 cm³/mol. The minimum Gasteiger partial charge on any atom is -0.497 e. The van der Waals surface area contributed by atoms with Gasteiger partial charge >= 0.3 is 6.09 Å². The summed E-state index contributed by atoms with van der Waals surface area (Å²) in [6.07, 6.45) is 7.51. The van der Waals surface area contributed by atoms with Gasteiger partial charge in [0.15, 0.2) is 5.76 Å². The molecule has 1 aliphatic heterocycles. The quantitative estimate of drug-likeness (QED) is 0.362. The first-order valence-electron chi connectivity index (χ1n) is 13.4. The molecule has 1 saturated carbocycles. The molecule has 1 amide bonds. The van der Waals surface area contributed by atoms with Gasteiger partial charge in [0.25, 0.3) is 0 Å². The number of benzene rings is 1. The second kappa shape index (κ2) is 11.2. The highest BCUT2D eigenvalue weighted by molar-refractivity contribution is 9.10. The van der Waals surface area contributed by atoms with Crippen LogP contribution in [0.15, 0.2) is 51.9 Å². The summed E-state index contributed by atoms with van der Waals surface area (Å²) in [7, 11) is 3.39. The van der Waals surface area contributed by atoms with Gasteiger partial charge in [-0.1, -0.05) is 67.8 Å². The summed E-state index contributed by atoms with van der Waals surface area (Å²) < 4.78 is 18.8. The van der Waals surface area contributed by atoms with Gasteiger partial charge in [0.05, 0.1) is 14.2 Å². The van der Waals surface area contributed by atoms with Gasteiger partial charge in [0, 0.05) is 28.9 Å². The van der Waals surface area contributed by atoms with Crippen LogP contribution in [0.2, 0.25) is 0 Å². The Bertz CT molecular complexity index is 1000. The third-order valence-corrected chi connectivity index (χ3v) is 9.36. The van der Waals surface area contributed by atoms with Crippen molar-refractivity contribution in [2.45, 2.75) is 78.4 Å². The van der Waals surface area contributed by atoms with E-state index < -0.39 is 0 Å². The second-order valence-electron chi connectivity index (χ2n) is 11.5. The topological polar surface area (TPSA) is 48.0 Å². The zero-order valence-electron chi connectivity index (χ0n) is 22.7. The molecule has 0 aromatic heterocycles. The van der Waals surface area contributed by atoms with Crippen LogP contribution in [0.1, 0.15) is 65.4 Å². The Morgan fingerprint density at radius 2 is 1.89 bits per heavy atom. The highest BCUT2D eigenvalue weighted by Gasteiger charge is 2.49. The van der Waals surface area contributed by atoms with E-state index in [9.17, 15) is 4.79 Å². The maximum absolute atomic E-state index is 13.9. The molecule has 0 bridgehead atoms. The van der Waals surface area contributed by atoms with Gasteiger partial charge in [-0.3, -0.25) is 0 Å². The number of hydrogen-bond donors (Lipinski definition) is 0. The molecule has 0 radical (unpaired) electrons. The van der Waals surface area contributed by atoms with Crippen LogP contribution >= 0.6 is 15.9 Å². The van der Waals surface area contributed by atoms with E-state index in [2.05, 4.69) is 74.0 Å². The lowest BCUT2D eigenvalue weighted by atomic mass is 9.65. The number of nitrogens with zero attached hydrogens (tertiary/aromatic N) is 1. The highest BCUT2D eigenvalue weighted by atomic mass is 79.9. The van der Waals surface area contributed by atoms with Crippen molar-refractivity contribution in [2.75, 3.05) is 20.8 Å². The largest absolute Gasteiger partial charge is 0.497 e. The molecule has 3 aliphatic rings. The van der Waals surface area contributed by atoms with Gasteiger partial charge < -0.3 is 19.1 Å². The van der Waals surface area contributed by atoms with E-state index >= 15 is 0 Å². The number of amides is 1. The minimum absolute atomic E-state index is 0.0137. The van der Waals surface area contributed by atoms with E-state index in [4.69, 9.17) is 14.2 Å². The van der Waals surface area contributed by atoms with E-state index in [0.29, 0.717) is 30.7 Å². The van der Waals surface area contributed by atoms with Crippen LogP contribution in [-0.2, 0) is 20.6 Å². The molecule has 0 spiro atoms. The molecular weight excluding hydrogens is 518 g/mol. The molecule has 1 aromatic carbocycles. The van der Waals surface area contributed by atoms with Crippen molar-refractivity contribution in [2.24, 2.45) is 23.2 Å². The van der Waals surface area contributed by atoms with Crippen molar-refractivity contribution in [3.05, 3.63) is 57.5 Å². The summed E-state index contributed by atoms with van der Waals surface area (Å²) in [5.41, 5.74) is 2.25. The Balaban J connectivity index is 1.65. The second-order valence-corrected chi connectivity index (χ2v) is 12.4. The summed E-state index contributed by atoms with van der Waals surface area (Å²) in [4.78, 5) is 15.9. The monoisotopic (exact) mass is 559 g/mol. The van der Waals surface area contributed by atoms with E-state index in [1.807, 2.05) is 4.90 Å². The maximum atomic E-state index is 13.9. The third-order valence-electron chi connectivity index (χ3n) is 8.83. The van der Waals surface area contributed by atoms with Crippen LogP contribution in [0.3, 0.4) is 0 Å². The number of methoxy groups -OCH3 is 2. The molecule has 36 heavy (non-hydrogen) atoms. The standard InChI is InChI=1S/C30H42BrNO4/c1-19(2)24-12-7-20(3)15-25(24)36-29(33)32-14-13-22-17-26(34-5)27(35-6)18-30(22,4)28(32)16-21-8-10-23(31)11-9-21/h8-11,17,19-20,24-25,28H,7,12-16,18H2,1-6H3/t20-,24+,25-,28?,30?/m0/s1. The number of carbonyl (C=O) groups excluding carboxylic acids is 1. The van der Waals surface area contributed by atoms with Crippen molar-refractivity contribution >= 4 is 22.0 Å². The number of ether oxygens (including phenoxy) is 3. The number of halogens is 1. The summed E-state index contributed by atoms with van der Waals surface area (Å²) in [5, 5.41) is 0. The van der Waals surface area contributed by atoms with Crippen LogP contribution in [0.4, 0.5) is 4.79 Å². The van der Waals surface area contributed by atoms with Crippen LogP contribution in [0, 0.1) is 23.2 Å². The van der Waals surface area contributed by atoms with Gasteiger partial charge in [0.1, 0.15) is 11.9 Å². The fourth-order valence-electron chi connectivity index (χ4n) is 6.56. The summed E-state index contributed by atoms with van der Waals surface area (Å²) in [6, 6.07) is 8.38. The Kier molecular flexibility index (Phi) is 8.43. The van der Waals surface area contributed by atoms with Gasteiger partial charge in [-0.05, 0) is 67.2 Å². The average molecular weight is 561 g/mol. The summed E-state index contributed by atoms with van der Waals surface area (Å²) >= 11 is 3.55. The lowest BCUT2D eigenvalue weighted by Gasteiger charge is -2.51. The predicted octanol–water partition coefficient (Wildman–Crippen LogP) is 7.50. The van der Waals surface area contributed by atoms with E-state index in [0.717, 1.165) is 41.7 Å². The van der Waals surface area contributed by atoms with Crippen molar-refractivity contribution in [3.8, 4) is 0 Å². The molecule has 4 rings (SSSR count). The zero-order chi connectivity index (χ0) is 26.0. The Morgan fingerprint density at radius 1 is 1.17 bits per heavy atom. The Hall–Kier alpha value is -1.95. The summed E-state index contributed by atoms with van der Waals surface area (Å²) in [6.45, 7) is 9.71. The average Bonchev–Trinajstić information content (AvgIpc) is 2.84. The number of allylic oxidation sites excluding steroid dienone is 2. The number of likely N-dealkylation sites (tertiary alicyclic amines) is 1. The number of rotatable bonds is 6. The number of piperidine rings is 1. The Morgan fingerprint density at radius 3 is 2.53 bits per heavy atom. The summed E-state index contributed by atoms with van der Waals surface area (Å²) in [5.74, 6) is 3.14. The maximum Gasteiger partial charge on any atom is 0.410 e. The minimum atomic E-state index is -0.269. The lowest BCUT2D eigenvalue weighted by Crippen LogP contribution is -2.57. The highest BCUT2D eigenvalue weighted by Crippen LogP contribution is 2.50. The van der Waals surface area contributed by atoms with Gasteiger partial charge in [-0.2, -0.15) is 0 Å². The number of fused-ring (bicyclic) bond motifs is 1. The molecule has 2 aliphatic carbocycles. The molecule has 0 N–H and O–H groups in total. The van der Waals surface area contributed by atoms with Crippen LogP contribution in [0.5, 0.6) is 0 Å². The first-order chi connectivity index (χ1) is 17.2. The normalized spacial score (nSPS) is 30.6. The number of carbonyl (C=O) groups is 1. The SMILES string of the molecule is COC1=C(OC)CC2(C)C(=C1)CCN(C(=O)O[C@H]1C[C@@H](C)CC[C@@H]1C(C)C)C2Cc1ccc(Br)cc1. The van der Waals surface area contributed by atoms with Gasteiger partial charge in [0.2, 0.25) is 0 Å². The smallest absolute Gasteiger partial charge is 0.410 e. The fraction of sp³-hybridized carbons (Fsp3) is 0.633. The lowest BCUT2D eigenvalue weighted by molar-refractivity contribution is -0.0299. The Labute approximate surface area is 225 Å². The van der Waals surface area contributed by atoms with Gasteiger partial charge in [-0.15, -0.1) is 0 Å². The van der Waals surface area contributed by atoms with E-state index in [-0.39, 0.29) is 23.7 Å². The van der Waals surface area contributed by atoms with E-state index in [1.165, 1.54) is 17.6 Å². The fourth-order valence-corrected chi connectivity index (χ4v) is 6.82. The first-order valence-corrected chi connectivity index (χ1v) is 14.2. The molecule has 1 heterocycles. The molecule has 1 saturated heterocycles. The van der Waals surface area contributed by atoms with Crippen molar-refractivity contribution in [1.29, 1.82) is 0 Å². The molecule has 2 fully saturated rings. The van der Waals surface area contributed by atoms with Gasteiger partial charge in [-0.25, -0.2) is 4.79 Å². The van der Waals surface area contributed by atoms with Crippen LogP contribution < -0.4 is 0 Å². The van der Waals surface area contributed by atoms with Crippen molar-refractivity contribution in [1.82, 2.24) is 4.90 Å². The molecule has 6 heteroatoms. The first kappa shape index (κ1) is 27.1. The van der Waals surface area contributed by atoms with Crippen molar-refractivity contribution < 1.29 is 19.0 Å². The van der Waals surface area contributed by atoms with Crippen LogP contribution in [-0.4, -0.2) is 43.9 Å². The molecular formula is C30H42BrNO4. The third kappa shape index (κ3) is 5.49. The van der Waals surface area contributed by atoms with Crippen LogP contribution in [0.25, 0.3) is 0 Å². The number of hydrogen-bond acceptors (Lipinski definition) is 4. The molecule has 5 atom stereocenters. The van der Waals surface area contributed by atoms with E-state index in [1.54, 1.807) is 14.2 Å².